The summed E-state index contributed by atoms with van der Waals surface area (Å²) >= 11 is 1.89. The number of para-hydroxylation sites is 1. The molecule has 0 radical (unpaired) electrons. The van der Waals surface area contributed by atoms with Crippen LogP contribution >= 0.6 is 11.3 Å². The molecule has 11 aromatic carbocycles. The number of hydrogen-bond acceptors (Lipinski definition) is 4. The van der Waals surface area contributed by atoms with Crippen molar-refractivity contribution in [2.75, 3.05) is 0 Å². The first-order valence-corrected chi connectivity index (χ1v) is 25.2. The fourth-order valence-corrected chi connectivity index (χ4v) is 12.3. The summed E-state index contributed by atoms with van der Waals surface area (Å²) < 4.78 is 5.18. The highest BCUT2D eigenvalue weighted by atomic mass is 32.1. The average molecular weight is 933 g/mol. The van der Waals surface area contributed by atoms with Crippen molar-refractivity contribution in [1.82, 2.24) is 19.4 Å². The van der Waals surface area contributed by atoms with Crippen LogP contribution in [0.4, 0.5) is 0 Å². The molecule has 0 aliphatic rings. The molecule has 0 aliphatic heterocycles. The highest BCUT2D eigenvalue weighted by molar-refractivity contribution is 7.26. The van der Waals surface area contributed by atoms with E-state index in [2.05, 4.69) is 241 Å². The van der Waals surface area contributed by atoms with Crippen molar-refractivity contribution in [3.8, 4) is 78.7 Å². The number of fused-ring (bicyclic) bond motifs is 7. The van der Waals surface area contributed by atoms with Gasteiger partial charge in [-0.3, -0.25) is 0 Å². The first kappa shape index (κ1) is 40.6. The van der Waals surface area contributed by atoms with E-state index in [1.165, 1.54) is 58.3 Å². The molecule has 334 valence electrons. The summed E-state index contributed by atoms with van der Waals surface area (Å²) in [6.45, 7) is 0. The number of hydrogen-bond donors (Lipinski definition) is 0. The predicted molar refractivity (Wildman–Crippen MR) is 303 cm³/mol. The molecule has 4 aromatic heterocycles. The van der Waals surface area contributed by atoms with Crippen LogP contribution in [0.15, 0.2) is 243 Å². The zero-order valence-electron chi connectivity index (χ0n) is 38.8. The Morgan fingerprint density at radius 2 is 0.792 bits per heavy atom. The quantitative estimate of drug-likeness (QED) is 0.160. The molecule has 4 heterocycles. The van der Waals surface area contributed by atoms with Crippen molar-refractivity contribution in [2.45, 2.75) is 0 Å². The van der Waals surface area contributed by atoms with Gasteiger partial charge in [-0.25, -0.2) is 15.0 Å². The van der Waals surface area contributed by atoms with E-state index >= 15 is 0 Å². The van der Waals surface area contributed by atoms with Crippen molar-refractivity contribution in [2.24, 2.45) is 0 Å². The van der Waals surface area contributed by atoms with Crippen LogP contribution in [0.2, 0.25) is 0 Å². The lowest BCUT2D eigenvalue weighted by atomic mass is 9.95. The lowest BCUT2D eigenvalue weighted by Gasteiger charge is -2.14. The van der Waals surface area contributed by atoms with Gasteiger partial charge in [0.2, 0.25) is 0 Å². The minimum atomic E-state index is 0.612. The lowest BCUT2D eigenvalue weighted by molar-refractivity contribution is 1.08. The maximum Gasteiger partial charge on any atom is 0.164 e. The maximum atomic E-state index is 5.40. The standard InChI is InChI=1S/C67H40N4S/c1-4-15-41(16-5-1)44-21-12-23-48(36-44)65-68-66(51-38-49(42-17-6-2-7-18-42)37-50(39-51)43-19-8-3-9-20-43)70-67(69-65)57-26-13-22-47-35-45(29-31-52(47)57)46-30-32-54-55-25-14-28-60-62(55)63-61(72-60)34-33-56-53-24-10-11-27-58(53)71(64(56)63)59(54)40-46/h1-40H. The van der Waals surface area contributed by atoms with Gasteiger partial charge < -0.3 is 4.40 Å². The third-order valence-corrected chi connectivity index (χ3v) is 15.7. The summed E-state index contributed by atoms with van der Waals surface area (Å²) in [5.41, 5.74) is 15.5. The van der Waals surface area contributed by atoms with E-state index in [-0.39, 0.29) is 0 Å². The monoisotopic (exact) mass is 932 g/mol. The Morgan fingerprint density at radius 1 is 0.278 bits per heavy atom. The molecule has 0 N–H and O–H groups in total. The number of thiophene rings is 1. The lowest BCUT2D eigenvalue weighted by Crippen LogP contribution is -2.01. The molecule has 0 saturated heterocycles. The molecule has 0 spiro atoms. The molecule has 5 heteroatoms. The Morgan fingerprint density at radius 3 is 1.56 bits per heavy atom. The van der Waals surface area contributed by atoms with Crippen molar-refractivity contribution in [3.63, 3.8) is 0 Å². The van der Waals surface area contributed by atoms with Gasteiger partial charge in [-0.15, -0.1) is 11.3 Å². The molecule has 0 aliphatic carbocycles. The molecular formula is C67H40N4S. The molecule has 15 aromatic rings. The fourth-order valence-electron chi connectivity index (χ4n) is 11.2. The number of benzene rings is 11. The van der Waals surface area contributed by atoms with Crippen LogP contribution in [-0.4, -0.2) is 19.4 Å². The highest BCUT2D eigenvalue weighted by Crippen LogP contribution is 2.47. The predicted octanol–water partition coefficient (Wildman–Crippen LogP) is 18.2. The zero-order chi connectivity index (χ0) is 47.3. The normalized spacial score (nSPS) is 11.9. The Labute approximate surface area is 418 Å². The Hall–Kier alpha value is -9.29. The molecule has 0 unspecified atom stereocenters. The van der Waals surface area contributed by atoms with Crippen molar-refractivity contribution in [3.05, 3.63) is 243 Å². The van der Waals surface area contributed by atoms with Gasteiger partial charge in [-0.1, -0.05) is 188 Å². The van der Waals surface area contributed by atoms with Crippen LogP contribution in [0.1, 0.15) is 0 Å². The minimum absolute atomic E-state index is 0.612. The second-order valence-corrected chi connectivity index (χ2v) is 19.8. The van der Waals surface area contributed by atoms with E-state index in [0.717, 1.165) is 72.0 Å². The number of nitrogens with zero attached hydrogens (tertiary/aromatic N) is 4. The molecule has 0 amide bonds. The first-order chi connectivity index (χ1) is 35.7. The third-order valence-electron chi connectivity index (χ3n) is 14.5. The molecule has 0 bridgehead atoms. The summed E-state index contributed by atoms with van der Waals surface area (Å²) in [5, 5.41) is 9.98. The second kappa shape index (κ2) is 16.1. The minimum Gasteiger partial charge on any atom is -0.308 e. The number of aromatic nitrogens is 4. The Kier molecular flexibility index (Phi) is 9.10. The van der Waals surface area contributed by atoms with E-state index in [1.54, 1.807) is 0 Å². The summed E-state index contributed by atoms with van der Waals surface area (Å²) in [7, 11) is 0. The van der Waals surface area contributed by atoms with Crippen LogP contribution in [0.25, 0.3) is 148 Å². The maximum absolute atomic E-state index is 5.40. The van der Waals surface area contributed by atoms with E-state index in [4.69, 9.17) is 15.0 Å². The fraction of sp³-hybridized carbons (Fsp3) is 0. The SMILES string of the molecule is c1ccc(-c2cccc(-c3nc(-c4cc(-c5ccccc5)cc(-c5ccccc5)c4)nc(-c4cccc5cc(-c6ccc7c8cccc9sc%10ccc%11c%12ccccc%12n(c7c6)c%11c%10c98)ccc45)n3)c2)cc1. The summed E-state index contributed by atoms with van der Waals surface area (Å²) in [5.74, 6) is 1.85. The van der Waals surface area contributed by atoms with Gasteiger partial charge in [0.1, 0.15) is 0 Å². The number of rotatable bonds is 7. The first-order valence-electron chi connectivity index (χ1n) is 24.4. The van der Waals surface area contributed by atoms with Gasteiger partial charge in [-0.2, -0.15) is 0 Å². The summed E-state index contributed by atoms with van der Waals surface area (Å²) in [6.07, 6.45) is 0. The van der Waals surface area contributed by atoms with Gasteiger partial charge in [0.25, 0.3) is 0 Å². The van der Waals surface area contributed by atoms with Gasteiger partial charge in [-0.05, 0) is 115 Å². The largest absolute Gasteiger partial charge is 0.308 e. The van der Waals surface area contributed by atoms with Gasteiger partial charge >= 0.3 is 0 Å². The Balaban J connectivity index is 0.919. The average Bonchev–Trinajstić information content (AvgIpc) is 3.97. The Bertz CT molecular complexity index is 4560. The molecule has 0 fully saturated rings. The van der Waals surface area contributed by atoms with E-state index in [1.807, 2.05) is 17.4 Å². The van der Waals surface area contributed by atoms with Gasteiger partial charge in [0.05, 0.1) is 16.6 Å². The third kappa shape index (κ3) is 6.48. The smallest absolute Gasteiger partial charge is 0.164 e. The summed E-state index contributed by atoms with van der Waals surface area (Å²) in [4.78, 5) is 16.1. The molecule has 15 rings (SSSR count). The summed E-state index contributed by atoms with van der Waals surface area (Å²) in [6, 6.07) is 87.4. The van der Waals surface area contributed by atoms with Crippen molar-refractivity contribution >= 4 is 80.4 Å². The van der Waals surface area contributed by atoms with Crippen molar-refractivity contribution in [1.29, 1.82) is 0 Å². The van der Waals surface area contributed by atoms with Crippen LogP contribution in [0, 0.1) is 0 Å². The highest BCUT2D eigenvalue weighted by Gasteiger charge is 2.22. The van der Waals surface area contributed by atoms with Gasteiger partial charge in [0, 0.05) is 53.0 Å². The van der Waals surface area contributed by atoms with Crippen LogP contribution in [0.3, 0.4) is 0 Å². The zero-order valence-corrected chi connectivity index (χ0v) is 39.6. The van der Waals surface area contributed by atoms with Crippen LogP contribution in [-0.2, 0) is 0 Å². The van der Waals surface area contributed by atoms with Crippen LogP contribution in [0.5, 0.6) is 0 Å². The second-order valence-electron chi connectivity index (χ2n) is 18.7. The molecule has 0 saturated carbocycles. The topological polar surface area (TPSA) is 43.1 Å². The van der Waals surface area contributed by atoms with Gasteiger partial charge in [0.15, 0.2) is 17.5 Å². The molecule has 72 heavy (non-hydrogen) atoms. The van der Waals surface area contributed by atoms with E-state index < -0.39 is 0 Å². The van der Waals surface area contributed by atoms with E-state index in [9.17, 15) is 0 Å². The van der Waals surface area contributed by atoms with Crippen LogP contribution < -0.4 is 0 Å². The van der Waals surface area contributed by atoms with E-state index in [0.29, 0.717) is 17.5 Å². The molecule has 0 atom stereocenters. The van der Waals surface area contributed by atoms with Crippen molar-refractivity contribution < 1.29 is 0 Å². The molecule has 4 nitrogen and oxygen atoms in total. The molecular weight excluding hydrogens is 893 g/mol.